The molecule has 0 fully saturated rings. The van der Waals surface area contributed by atoms with Crippen LogP contribution in [0.2, 0.25) is 0 Å². The van der Waals surface area contributed by atoms with Crippen LogP contribution in [0.3, 0.4) is 0 Å². The third-order valence-electron chi connectivity index (χ3n) is 1.56. The lowest BCUT2D eigenvalue weighted by molar-refractivity contribution is 0.371. The molecule has 0 aliphatic heterocycles. The lowest BCUT2D eigenvalue weighted by Crippen LogP contribution is -1.95. The number of benzene rings is 1. The number of nitrogens with two attached hydrogens (primary N) is 1. The van der Waals surface area contributed by atoms with Crippen LogP contribution >= 0.6 is 0 Å². The van der Waals surface area contributed by atoms with E-state index in [9.17, 15) is 4.39 Å². The first-order valence-electron chi connectivity index (χ1n) is 3.43. The molecule has 0 aliphatic rings. The van der Waals surface area contributed by atoms with E-state index in [0.717, 1.165) is 0 Å². The Labute approximate surface area is 70.5 Å². The third kappa shape index (κ3) is 1.56. The first-order valence-corrected chi connectivity index (χ1v) is 3.43. The summed E-state index contributed by atoms with van der Waals surface area (Å²) in [5.41, 5.74) is 6.52. The second kappa shape index (κ2) is 3.26. The Hall–Kier alpha value is -1.51. The highest BCUT2D eigenvalue weighted by molar-refractivity contribution is 5.69. The predicted molar refractivity (Wildman–Crippen MR) is 46.9 cm³/mol. The number of nitrogen functional groups attached to an aromatic ring is 1. The summed E-state index contributed by atoms with van der Waals surface area (Å²) in [6, 6.07) is 4.07. The quantitative estimate of drug-likeness (QED) is 0.540. The molecule has 1 aromatic carbocycles. The molecule has 0 amide bonds. The SMILES string of the molecule is C=C(OC)c1cc(F)ccc1N. The van der Waals surface area contributed by atoms with Crippen molar-refractivity contribution in [2.24, 2.45) is 0 Å². The molecule has 0 unspecified atom stereocenters. The molecule has 0 radical (unpaired) electrons. The molecular weight excluding hydrogens is 157 g/mol. The van der Waals surface area contributed by atoms with Crippen molar-refractivity contribution >= 4 is 11.4 Å². The molecule has 12 heavy (non-hydrogen) atoms. The van der Waals surface area contributed by atoms with Gasteiger partial charge in [0.1, 0.15) is 11.6 Å². The van der Waals surface area contributed by atoms with Crippen molar-refractivity contribution in [3.63, 3.8) is 0 Å². The molecule has 0 bridgehead atoms. The van der Waals surface area contributed by atoms with E-state index in [1.165, 1.54) is 25.3 Å². The number of hydrogen-bond donors (Lipinski definition) is 1. The van der Waals surface area contributed by atoms with E-state index in [-0.39, 0.29) is 5.82 Å². The number of halogens is 1. The zero-order chi connectivity index (χ0) is 9.14. The molecule has 0 aliphatic carbocycles. The normalized spacial score (nSPS) is 9.50. The van der Waals surface area contributed by atoms with Gasteiger partial charge >= 0.3 is 0 Å². The fourth-order valence-electron chi connectivity index (χ4n) is 0.880. The number of methoxy groups -OCH3 is 1. The van der Waals surface area contributed by atoms with Crippen molar-refractivity contribution in [1.82, 2.24) is 0 Å². The van der Waals surface area contributed by atoms with Crippen molar-refractivity contribution in [3.8, 4) is 0 Å². The highest BCUT2D eigenvalue weighted by Crippen LogP contribution is 2.21. The van der Waals surface area contributed by atoms with Gasteiger partial charge in [-0.2, -0.15) is 0 Å². The van der Waals surface area contributed by atoms with Gasteiger partial charge in [-0.3, -0.25) is 0 Å². The Morgan fingerprint density at radius 1 is 1.58 bits per heavy atom. The maximum Gasteiger partial charge on any atom is 0.124 e. The van der Waals surface area contributed by atoms with E-state index < -0.39 is 0 Å². The summed E-state index contributed by atoms with van der Waals surface area (Å²) in [4.78, 5) is 0. The smallest absolute Gasteiger partial charge is 0.124 e. The van der Waals surface area contributed by atoms with Gasteiger partial charge < -0.3 is 10.5 Å². The first-order chi connectivity index (χ1) is 5.65. The van der Waals surface area contributed by atoms with E-state index in [1.807, 2.05) is 0 Å². The van der Waals surface area contributed by atoms with Crippen LogP contribution in [0.15, 0.2) is 24.8 Å². The van der Waals surface area contributed by atoms with Gasteiger partial charge in [-0.15, -0.1) is 0 Å². The van der Waals surface area contributed by atoms with Crippen LogP contribution in [0.25, 0.3) is 5.76 Å². The zero-order valence-electron chi connectivity index (χ0n) is 6.80. The summed E-state index contributed by atoms with van der Waals surface area (Å²) in [5.74, 6) is 0.0180. The standard InChI is InChI=1S/C9H10FNO/c1-6(12-2)8-5-7(10)3-4-9(8)11/h3-5H,1,11H2,2H3. The van der Waals surface area contributed by atoms with Crippen LogP contribution in [0.5, 0.6) is 0 Å². The van der Waals surface area contributed by atoms with Crippen LogP contribution in [0.4, 0.5) is 10.1 Å². The van der Waals surface area contributed by atoms with E-state index in [4.69, 9.17) is 10.5 Å². The van der Waals surface area contributed by atoms with Gasteiger partial charge in [0.15, 0.2) is 0 Å². The van der Waals surface area contributed by atoms with Gasteiger partial charge in [0.05, 0.1) is 7.11 Å². The Morgan fingerprint density at radius 2 is 2.25 bits per heavy atom. The van der Waals surface area contributed by atoms with Crippen molar-refractivity contribution in [2.45, 2.75) is 0 Å². The predicted octanol–water partition coefficient (Wildman–Crippen LogP) is 2.02. The third-order valence-corrected chi connectivity index (χ3v) is 1.56. The summed E-state index contributed by atoms with van der Waals surface area (Å²) in [6.07, 6.45) is 0. The Bertz CT molecular complexity index is 309. The van der Waals surface area contributed by atoms with Gasteiger partial charge in [-0.05, 0) is 18.2 Å². The van der Waals surface area contributed by atoms with Crippen LogP contribution < -0.4 is 5.73 Å². The largest absolute Gasteiger partial charge is 0.497 e. The topological polar surface area (TPSA) is 35.2 Å². The average Bonchev–Trinajstić information content (AvgIpc) is 2.08. The minimum Gasteiger partial charge on any atom is -0.497 e. The lowest BCUT2D eigenvalue weighted by Gasteiger charge is -2.06. The molecule has 2 N–H and O–H groups in total. The molecule has 0 saturated carbocycles. The maximum absolute atomic E-state index is 12.7. The van der Waals surface area contributed by atoms with Crippen molar-refractivity contribution in [1.29, 1.82) is 0 Å². The van der Waals surface area contributed by atoms with Gasteiger partial charge in [-0.25, -0.2) is 4.39 Å². The molecule has 3 heteroatoms. The van der Waals surface area contributed by atoms with E-state index >= 15 is 0 Å². The second-order valence-corrected chi connectivity index (χ2v) is 2.36. The number of rotatable bonds is 2. The molecule has 0 aromatic heterocycles. The van der Waals surface area contributed by atoms with Crippen LogP contribution in [0, 0.1) is 5.82 Å². The minimum absolute atomic E-state index is 0.350. The highest BCUT2D eigenvalue weighted by Gasteiger charge is 2.04. The number of hydrogen-bond acceptors (Lipinski definition) is 2. The van der Waals surface area contributed by atoms with Gasteiger partial charge in [-0.1, -0.05) is 6.58 Å². The average molecular weight is 167 g/mol. The van der Waals surface area contributed by atoms with Crippen LogP contribution in [0.1, 0.15) is 5.56 Å². The van der Waals surface area contributed by atoms with Gasteiger partial charge in [0.2, 0.25) is 0 Å². The van der Waals surface area contributed by atoms with Crippen molar-refractivity contribution in [3.05, 3.63) is 36.2 Å². The summed E-state index contributed by atoms with van der Waals surface area (Å²) in [5, 5.41) is 0. The molecule has 0 atom stereocenters. The van der Waals surface area contributed by atoms with Gasteiger partial charge in [0, 0.05) is 11.3 Å². The summed E-state index contributed by atoms with van der Waals surface area (Å²) in [7, 11) is 1.46. The molecule has 1 rings (SSSR count). The Morgan fingerprint density at radius 3 is 2.83 bits per heavy atom. The first kappa shape index (κ1) is 8.59. The van der Waals surface area contributed by atoms with Crippen LogP contribution in [-0.4, -0.2) is 7.11 Å². The molecule has 0 heterocycles. The van der Waals surface area contributed by atoms with Crippen molar-refractivity contribution in [2.75, 3.05) is 12.8 Å². The molecule has 0 spiro atoms. The van der Waals surface area contributed by atoms with Gasteiger partial charge in [0.25, 0.3) is 0 Å². The minimum atomic E-state index is -0.350. The monoisotopic (exact) mass is 167 g/mol. The second-order valence-electron chi connectivity index (χ2n) is 2.36. The van der Waals surface area contributed by atoms with E-state index in [1.54, 1.807) is 0 Å². The maximum atomic E-state index is 12.7. The summed E-state index contributed by atoms with van der Waals surface area (Å²) < 4.78 is 17.5. The van der Waals surface area contributed by atoms with E-state index in [0.29, 0.717) is 17.0 Å². The zero-order valence-corrected chi connectivity index (χ0v) is 6.80. The number of ether oxygens (including phenoxy) is 1. The summed E-state index contributed by atoms with van der Waals surface area (Å²) >= 11 is 0. The molecule has 2 nitrogen and oxygen atoms in total. The molecule has 0 saturated heterocycles. The van der Waals surface area contributed by atoms with E-state index in [2.05, 4.69) is 6.58 Å². The Kier molecular flexibility index (Phi) is 2.33. The fraction of sp³-hybridized carbons (Fsp3) is 0.111. The molecular formula is C9H10FNO. The van der Waals surface area contributed by atoms with Crippen LogP contribution in [-0.2, 0) is 4.74 Å². The van der Waals surface area contributed by atoms with Crippen molar-refractivity contribution < 1.29 is 9.13 Å². The fourth-order valence-corrected chi connectivity index (χ4v) is 0.880. The highest BCUT2D eigenvalue weighted by atomic mass is 19.1. The molecule has 1 aromatic rings. The summed E-state index contributed by atoms with van der Waals surface area (Å²) in [6.45, 7) is 3.58. The Balaban J connectivity index is 3.13. The lowest BCUT2D eigenvalue weighted by atomic mass is 10.1. The molecule has 64 valence electrons. The number of anilines is 1.